The van der Waals surface area contributed by atoms with Gasteiger partial charge in [0, 0.05) is 5.92 Å². The zero-order chi connectivity index (χ0) is 10.6. The molecule has 0 aliphatic carbocycles. The van der Waals surface area contributed by atoms with Crippen molar-refractivity contribution in [1.29, 1.82) is 0 Å². The molecule has 1 aromatic carbocycles. The van der Waals surface area contributed by atoms with Crippen LogP contribution < -0.4 is 0 Å². The summed E-state index contributed by atoms with van der Waals surface area (Å²) in [5.41, 5.74) is 0.883. The van der Waals surface area contributed by atoms with E-state index in [2.05, 4.69) is 5.92 Å². The molecule has 0 aromatic heterocycles. The van der Waals surface area contributed by atoms with Gasteiger partial charge in [-0.3, -0.25) is 0 Å². The predicted molar refractivity (Wildman–Crippen MR) is 57.2 cm³/mol. The molecule has 0 saturated carbocycles. The van der Waals surface area contributed by atoms with Crippen molar-refractivity contribution in [3.05, 3.63) is 41.6 Å². The van der Waals surface area contributed by atoms with E-state index in [1.165, 1.54) is 18.1 Å². The Hall–Kier alpha value is -1.29. The summed E-state index contributed by atoms with van der Waals surface area (Å²) in [6.07, 6.45) is 6.24. The third kappa shape index (κ3) is 2.88. The van der Waals surface area contributed by atoms with E-state index in [0.717, 1.165) is 12.0 Å². The van der Waals surface area contributed by atoms with Crippen LogP contribution in [-0.4, -0.2) is 0 Å². The number of benzene rings is 1. The van der Waals surface area contributed by atoms with Crippen LogP contribution in [0.25, 0.3) is 0 Å². The molecule has 0 heterocycles. The van der Waals surface area contributed by atoms with Crippen molar-refractivity contribution >= 4 is 0 Å². The number of rotatable bonds is 3. The Morgan fingerprint density at radius 1 is 1.50 bits per heavy atom. The van der Waals surface area contributed by atoms with E-state index in [0.29, 0.717) is 0 Å². The predicted octanol–water partition coefficient (Wildman–Crippen LogP) is 3.55. The largest absolute Gasteiger partial charge is 0.207 e. The first-order valence-corrected chi connectivity index (χ1v) is 4.64. The molecule has 1 atom stereocenters. The van der Waals surface area contributed by atoms with Crippen LogP contribution in [0.2, 0.25) is 0 Å². The zero-order valence-electron chi connectivity index (χ0n) is 8.55. The standard InChI is InChI=1S/C13H14F/c1-4-11(8-10(2)3)12-6-5-7-13(14)9-12/h1,5-7,9,11H,8H2,2-3H3/t11-/m1/s1. The van der Waals surface area contributed by atoms with Crippen molar-refractivity contribution in [1.82, 2.24) is 0 Å². The second-order valence-corrected chi connectivity index (χ2v) is 3.69. The SMILES string of the molecule is C#C[C@H](C[C](C)C)c1cccc(F)c1. The maximum absolute atomic E-state index is 12.9. The summed E-state index contributed by atoms with van der Waals surface area (Å²) in [5.74, 6) is 3.72. The molecule has 0 saturated heterocycles. The summed E-state index contributed by atoms with van der Waals surface area (Å²) in [5, 5.41) is 0. The average Bonchev–Trinajstić information content (AvgIpc) is 2.14. The third-order valence-electron chi connectivity index (χ3n) is 2.06. The van der Waals surface area contributed by atoms with E-state index in [1.807, 2.05) is 19.9 Å². The second-order valence-electron chi connectivity index (χ2n) is 3.69. The van der Waals surface area contributed by atoms with Crippen molar-refractivity contribution in [2.24, 2.45) is 0 Å². The van der Waals surface area contributed by atoms with Crippen LogP contribution in [0.1, 0.15) is 31.7 Å². The van der Waals surface area contributed by atoms with E-state index in [-0.39, 0.29) is 11.7 Å². The van der Waals surface area contributed by atoms with E-state index < -0.39 is 0 Å². The number of hydrogen-bond acceptors (Lipinski definition) is 0. The fourth-order valence-electron chi connectivity index (χ4n) is 1.40. The molecule has 0 N–H and O–H groups in total. The molecule has 0 spiro atoms. The molecule has 1 aromatic rings. The highest BCUT2D eigenvalue weighted by Gasteiger charge is 2.10. The van der Waals surface area contributed by atoms with Crippen LogP contribution in [0.15, 0.2) is 24.3 Å². The van der Waals surface area contributed by atoms with Crippen molar-refractivity contribution in [2.75, 3.05) is 0 Å². The molecule has 0 aliphatic rings. The lowest BCUT2D eigenvalue weighted by Gasteiger charge is -2.12. The van der Waals surface area contributed by atoms with E-state index in [1.54, 1.807) is 6.07 Å². The fourth-order valence-corrected chi connectivity index (χ4v) is 1.40. The Kier molecular flexibility index (Phi) is 3.71. The van der Waals surface area contributed by atoms with Crippen LogP contribution in [-0.2, 0) is 0 Å². The molecule has 1 rings (SSSR count). The normalized spacial score (nSPS) is 12.5. The molecule has 0 bridgehead atoms. The van der Waals surface area contributed by atoms with Crippen molar-refractivity contribution in [2.45, 2.75) is 26.2 Å². The molecule has 0 aliphatic heterocycles. The van der Waals surface area contributed by atoms with Crippen molar-refractivity contribution < 1.29 is 4.39 Å². The van der Waals surface area contributed by atoms with Crippen molar-refractivity contribution in [3.8, 4) is 12.3 Å². The van der Waals surface area contributed by atoms with Crippen LogP contribution >= 0.6 is 0 Å². The molecule has 0 fully saturated rings. The first-order valence-electron chi connectivity index (χ1n) is 4.64. The summed E-state index contributed by atoms with van der Waals surface area (Å²) < 4.78 is 12.9. The molecule has 73 valence electrons. The summed E-state index contributed by atoms with van der Waals surface area (Å²) in [6, 6.07) is 6.50. The highest BCUT2D eigenvalue weighted by molar-refractivity contribution is 5.28. The van der Waals surface area contributed by atoms with Gasteiger partial charge in [0.05, 0.1) is 0 Å². The Labute approximate surface area is 85.2 Å². The van der Waals surface area contributed by atoms with E-state index in [4.69, 9.17) is 6.42 Å². The Morgan fingerprint density at radius 3 is 2.71 bits per heavy atom. The van der Waals surface area contributed by atoms with Gasteiger partial charge in [0.15, 0.2) is 0 Å². The summed E-state index contributed by atoms with van der Waals surface area (Å²) in [6.45, 7) is 4.06. The van der Waals surface area contributed by atoms with Crippen LogP contribution in [0, 0.1) is 24.1 Å². The smallest absolute Gasteiger partial charge is 0.123 e. The topological polar surface area (TPSA) is 0 Å². The summed E-state index contributed by atoms with van der Waals surface area (Å²) in [7, 11) is 0. The Bertz CT molecular complexity index is 333. The Balaban J connectivity index is 2.85. The van der Waals surface area contributed by atoms with Crippen LogP contribution in [0.4, 0.5) is 4.39 Å². The second kappa shape index (κ2) is 4.81. The van der Waals surface area contributed by atoms with Gasteiger partial charge in [-0.2, -0.15) is 0 Å². The Morgan fingerprint density at radius 2 is 2.21 bits per heavy atom. The van der Waals surface area contributed by atoms with Crippen LogP contribution in [0.5, 0.6) is 0 Å². The third-order valence-corrected chi connectivity index (χ3v) is 2.06. The minimum atomic E-state index is -0.225. The molecule has 14 heavy (non-hydrogen) atoms. The molecular formula is C13H14F. The minimum Gasteiger partial charge on any atom is -0.207 e. The lowest BCUT2D eigenvalue weighted by atomic mass is 9.91. The first-order chi connectivity index (χ1) is 6.63. The molecular weight excluding hydrogens is 175 g/mol. The number of hydrogen-bond donors (Lipinski definition) is 0. The lowest BCUT2D eigenvalue weighted by molar-refractivity contribution is 0.622. The van der Waals surface area contributed by atoms with Gasteiger partial charge in [0.25, 0.3) is 0 Å². The zero-order valence-corrected chi connectivity index (χ0v) is 8.55. The maximum Gasteiger partial charge on any atom is 0.123 e. The van der Waals surface area contributed by atoms with E-state index in [9.17, 15) is 4.39 Å². The quantitative estimate of drug-likeness (QED) is 0.638. The monoisotopic (exact) mass is 189 g/mol. The summed E-state index contributed by atoms with van der Waals surface area (Å²) in [4.78, 5) is 0. The number of halogens is 1. The van der Waals surface area contributed by atoms with Gasteiger partial charge in [0.2, 0.25) is 0 Å². The van der Waals surface area contributed by atoms with E-state index >= 15 is 0 Å². The molecule has 1 radical (unpaired) electrons. The maximum atomic E-state index is 12.9. The molecule has 0 nitrogen and oxygen atoms in total. The molecule has 0 amide bonds. The highest BCUT2D eigenvalue weighted by Crippen LogP contribution is 2.24. The summed E-state index contributed by atoms with van der Waals surface area (Å²) >= 11 is 0. The average molecular weight is 189 g/mol. The van der Waals surface area contributed by atoms with Gasteiger partial charge in [-0.05, 0) is 30.0 Å². The van der Waals surface area contributed by atoms with Gasteiger partial charge in [-0.25, -0.2) is 4.39 Å². The lowest BCUT2D eigenvalue weighted by Crippen LogP contribution is -1.99. The van der Waals surface area contributed by atoms with Gasteiger partial charge in [0.1, 0.15) is 5.82 Å². The molecule has 0 unspecified atom stereocenters. The van der Waals surface area contributed by atoms with Crippen molar-refractivity contribution in [3.63, 3.8) is 0 Å². The number of terminal acetylenes is 1. The fraction of sp³-hybridized carbons (Fsp3) is 0.308. The van der Waals surface area contributed by atoms with Gasteiger partial charge in [-0.15, -0.1) is 6.42 Å². The van der Waals surface area contributed by atoms with Gasteiger partial charge in [-0.1, -0.05) is 31.9 Å². The minimum absolute atomic E-state index is 0.00398. The van der Waals surface area contributed by atoms with Crippen LogP contribution in [0.3, 0.4) is 0 Å². The van der Waals surface area contributed by atoms with Gasteiger partial charge >= 0.3 is 0 Å². The highest BCUT2D eigenvalue weighted by atomic mass is 19.1. The van der Waals surface area contributed by atoms with Gasteiger partial charge < -0.3 is 0 Å². The first kappa shape index (κ1) is 10.8. The molecule has 1 heteroatoms.